The third-order valence-corrected chi connectivity index (χ3v) is 4.67. The summed E-state index contributed by atoms with van der Waals surface area (Å²) in [5.74, 6) is 0.885. The molecule has 2 saturated heterocycles. The molecular formula is C18H28N4O. The number of guanidine groups is 1. The van der Waals surface area contributed by atoms with E-state index < -0.39 is 0 Å². The summed E-state index contributed by atoms with van der Waals surface area (Å²) < 4.78 is 5.65. The van der Waals surface area contributed by atoms with Crippen molar-refractivity contribution in [2.24, 2.45) is 4.99 Å². The minimum atomic E-state index is 0.334. The molecule has 0 aliphatic carbocycles. The van der Waals surface area contributed by atoms with Gasteiger partial charge in [0.2, 0.25) is 0 Å². The first-order valence-corrected chi connectivity index (χ1v) is 8.65. The lowest BCUT2D eigenvalue weighted by atomic mass is 10.2. The molecule has 2 unspecified atom stereocenters. The molecule has 0 radical (unpaired) electrons. The van der Waals surface area contributed by atoms with Gasteiger partial charge in [0.25, 0.3) is 0 Å². The van der Waals surface area contributed by atoms with Crippen LogP contribution in [0.25, 0.3) is 0 Å². The number of hydrogen-bond acceptors (Lipinski definition) is 3. The minimum absolute atomic E-state index is 0.334. The molecule has 0 bridgehead atoms. The molecule has 1 aromatic carbocycles. The highest BCUT2D eigenvalue weighted by molar-refractivity contribution is 5.80. The van der Waals surface area contributed by atoms with Crippen molar-refractivity contribution in [2.75, 3.05) is 38.2 Å². The number of anilines is 1. The van der Waals surface area contributed by atoms with E-state index in [0.717, 1.165) is 45.0 Å². The number of benzene rings is 1. The summed E-state index contributed by atoms with van der Waals surface area (Å²) in [5.41, 5.74) is 2.61. The Morgan fingerprint density at radius 2 is 2.13 bits per heavy atom. The number of aliphatic imine (C=N–C) groups is 1. The van der Waals surface area contributed by atoms with Gasteiger partial charge in [0.1, 0.15) is 0 Å². The van der Waals surface area contributed by atoms with Crippen LogP contribution < -0.4 is 15.5 Å². The zero-order chi connectivity index (χ0) is 16.1. The number of ether oxygens (including phenoxy) is 1. The van der Waals surface area contributed by atoms with Crippen molar-refractivity contribution in [1.29, 1.82) is 0 Å². The molecule has 0 amide bonds. The molecule has 3 rings (SSSR count). The molecule has 2 atom stereocenters. The molecule has 126 valence electrons. The summed E-state index contributed by atoms with van der Waals surface area (Å²) in [7, 11) is 1.83. The van der Waals surface area contributed by atoms with Crippen molar-refractivity contribution in [3.8, 4) is 0 Å². The third-order valence-electron chi connectivity index (χ3n) is 4.67. The van der Waals surface area contributed by atoms with Crippen molar-refractivity contribution in [1.82, 2.24) is 10.6 Å². The Morgan fingerprint density at radius 3 is 2.83 bits per heavy atom. The Kier molecular flexibility index (Phi) is 5.39. The molecule has 5 heteroatoms. The molecule has 1 aromatic rings. The molecule has 0 spiro atoms. The highest BCUT2D eigenvalue weighted by atomic mass is 16.5. The lowest BCUT2D eigenvalue weighted by molar-refractivity contribution is 0.113. The maximum atomic E-state index is 5.65. The van der Waals surface area contributed by atoms with Crippen LogP contribution in [0, 0.1) is 6.92 Å². The SMILES string of the molecule is CN=C(NCC1CCCO1)NC1CCN(c2ccc(C)cc2)C1. The summed E-state index contributed by atoms with van der Waals surface area (Å²) in [6.45, 7) is 5.97. The van der Waals surface area contributed by atoms with Crippen molar-refractivity contribution in [3.05, 3.63) is 29.8 Å². The van der Waals surface area contributed by atoms with E-state index in [9.17, 15) is 0 Å². The van der Waals surface area contributed by atoms with Crippen molar-refractivity contribution >= 4 is 11.6 Å². The van der Waals surface area contributed by atoms with E-state index >= 15 is 0 Å². The van der Waals surface area contributed by atoms with Crippen LogP contribution in [-0.2, 0) is 4.74 Å². The standard InChI is InChI=1S/C18H28N4O/c1-14-5-7-16(8-6-14)22-10-9-15(13-22)21-18(19-2)20-12-17-4-3-11-23-17/h5-8,15,17H,3-4,9-13H2,1-2H3,(H2,19,20,21). The molecule has 5 nitrogen and oxygen atoms in total. The smallest absolute Gasteiger partial charge is 0.191 e. The molecule has 2 aliphatic heterocycles. The van der Waals surface area contributed by atoms with Crippen molar-refractivity contribution in [2.45, 2.75) is 38.3 Å². The van der Waals surface area contributed by atoms with Crippen LogP contribution in [0.2, 0.25) is 0 Å². The van der Waals surface area contributed by atoms with Gasteiger partial charge in [-0.15, -0.1) is 0 Å². The van der Waals surface area contributed by atoms with Crippen LogP contribution in [0.15, 0.2) is 29.3 Å². The van der Waals surface area contributed by atoms with Gasteiger partial charge in [-0.1, -0.05) is 17.7 Å². The van der Waals surface area contributed by atoms with Crippen LogP contribution >= 0.6 is 0 Å². The van der Waals surface area contributed by atoms with Crippen molar-refractivity contribution < 1.29 is 4.74 Å². The summed E-state index contributed by atoms with van der Waals surface area (Å²) in [6, 6.07) is 9.22. The fourth-order valence-electron chi connectivity index (χ4n) is 3.27. The number of hydrogen-bond donors (Lipinski definition) is 2. The first-order valence-electron chi connectivity index (χ1n) is 8.65. The third kappa shape index (κ3) is 4.38. The van der Waals surface area contributed by atoms with E-state index in [1.807, 2.05) is 7.05 Å². The van der Waals surface area contributed by atoms with Gasteiger partial charge in [-0.05, 0) is 38.3 Å². The molecular weight excluding hydrogens is 288 g/mol. The summed E-state index contributed by atoms with van der Waals surface area (Å²) in [4.78, 5) is 6.78. The largest absolute Gasteiger partial charge is 0.376 e. The van der Waals surface area contributed by atoms with E-state index in [-0.39, 0.29) is 0 Å². The maximum absolute atomic E-state index is 5.65. The first-order chi connectivity index (χ1) is 11.2. The predicted molar refractivity (Wildman–Crippen MR) is 95.3 cm³/mol. The van der Waals surface area contributed by atoms with E-state index in [2.05, 4.69) is 51.7 Å². The molecule has 2 fully saturated rings. The van der Waals surface area contributed by atoms with Gasteiger partial charge in [0.15, 0.2) is 5.96 Å². The van der Waals surface area contributed by atoms with E-state index in [1.165, 1.54) is 17.7 Å². The second-order valence-electron chi connectivity index (χ2n) is 6.50. The van der Waals surface area contributed by atoms with Crippen LogP contribution in [-0.4, -0.2) is 51.4 Å². The Morgan fingerprint density at radius 1 is 1.30 bits per heavy atom. The lowest BCUT2D eigenvalue weighted by Gasteiger charge is -2.21. The van der Waals surface area contributed by atoms with Crippen LogP contribution in [0.1, 0.15) is 24.8 Å². The molecule has 0 saturated carbocycles. The Balaban J connectivity index is 1.47. The normalized spacial score (nSPS) is 25.0. The van der Waals surface area contributed by atoms with Gasteiger partial charge in [0, 0.05) is 45.0 Å². The van der Waals surface area contributed by atoms with Gasteiger partial charge < -0.3 is 20.3 Å². The minimum Gasteiger partial charge on any atom is -0.376 e. The Bertz CT molecular complexity index is 522. The molecule has 23 heavy (non-hydrogen) atoms. The number of nitrogens with zero attached hydrogens (tertiary/aromatic N) is 2. The van der Waals surface area contributed by atoms with Gasteiger partial charge in [-0.2, -0.15) is 0 Å². The lowest BCUT2D eigenvalue weighted by Crippen LogP contribution is -2.46. The predicted octanol–water partition coefficient (Wildman–Crippen LogP) is 1.92. The summed E-state index contributed by atoms with van der Waals surface area (Å²) >= 11 is 0. The van der Waals surface area contributed by atoms with Crippen molar-refractivity contribution in [3.63, 3.8) is 0 Å². The fraction of sp³-hybridized carbons (Fsp3) is 0.611. The zero-order valence-electron chi connectivity index (χ0n) is 14.2. The Labute approximate surface area is 139 Å². The highest BCUT2D eigenvalue weighted by Crippen LogP contribution is 2.20. The average Bonchev–Trinajstić information content (AvgIpc) is 3.24. The topological polar surface area (TPSA) is 48.9 Å². The number of rotatable bonds is 4. The highest BCUT2D eigenvalue weighted by Gasteiger charge is 2.24. The fourth-order valence-corrected chi connectivity index (χ4v) is 3.27. The number of aryl methyl sites for hydroxylation is 1. The monoisotopic (exact) mass is 316 g/mol. The quantitative estimate of drug-likeness (QED) is 0.658. The summed E-state index contributed by atoms with van der Waals surface area (Å²) in [6.07, 6.45) is 3.79. The van der Waals surface area contributed by atoms with E-state index in [0.29, 0.717) is 12.1 Å². The molecule has 2 N–H and O–H groups in total. The molecule has 2 heterocycles. The Hall–Kier alpha value is -1.75. The van der Waals surface area contributed by atoms with Crippen LogP contribution in [0.4, 0.5) is 5.69 Å². The first kappa shape index (κ1) is 16.1. The maximum Gasteiger partial charge on any atom is 0.191 e. The van der Waals surface area contributed by atoms with Crippen LogP contribution in [0.3, 0.4) is 0 Å². The van der Waals surface area contributed by atoms with Gasteiger partial charge in [0.05, 0.1) is 6.10 Å². The molecule has 2 aliphatic rings. The average molecular weight is 316 g/mol. The van der Waals surface area contributed by atoms with E-state index in [4.69, 9.17) is 4.74 Å². The molecule has 0 aromatic heterocycles. The van der Waals surface area contributed by atoms with Gasteiger partial charge in [-0.25, -0.2) is 0 Å². The zero-order valence-corrected chi connectivity index (χ0v) is 14.2. The van der Waals surface area contributed by atoms with E-state index in [1.54, 1.807) is 0 Å². The van der Waals surface area contributed by atoms with Crippen LogP contribution in [0.5, 0.6) is 0 Å². The second-order valence-corrected chi connectivity index (χ2v) is 6.50. The number of nitrogens with one attached hydrogen (secondary N) is 2. The van der Waals surface area contributed by atoms with Gasteiger partial charge in [-0.3, -0.25) is 4.99 Å². The second kappa shape index (κ2) is 7.68. The summed E-state index contributed by atoms with van der Waals surface area (Å²) in [5, 5.41) is 6.94. The van der Waals surface area contributed by atoms with Gasteiger partial charge >= 0.3 is 0 Å².